The summed E-state index contributed by atoms with van der Waals surface area (Å²) >= 11 is 0. The summed E-state index contributed by atoms with van der Waals surface area (Å²) in [6.07, 6.45) is 1.78. The van der Waals surface area contributed by atoms with Crippen LogP contribution in [-0.4, -0.2) is 6.10 Å². The Morgan fingerprint density at radius 2 is 2.33 bits per heavy atom. The average molecular weight is 124 g/mol. The van der Waals surface area contributed by atoms with Crippen molar-refractivity contribution in [2.45, 2.75) is 20.0 Å². The first-order valence-electron chi connectivity index (χ1n) is 2.86. The maximum atomic E-state index is 5.17. The Balaban J connectivity index is 3.73. The summed E-state index contributed by atoms with van der Waals surface area (Å²) in [4.78, 5) is 0. The van der Waals surface area contributed by atoms with Gasteiger partial charge in [0.2, 0.25) is 0 Å². The van der Waals surface area contributed by atoms with Gasteiger partial charge in [-0.2, -0.15) is 0 Å². The smallest absolute Gasteiger partial charge is 0.135 e. The second-order valence-corrected chi connectivity index (χ2v) is 1.79. The normalized spacial score (nSPS) is 11.3. The highest BCUT2D eigenvalue weighted by Gasteiger charge is 1.93. The third-order valence-corrected chi connectivity index (χ3v) is 0.944. The van der Waals surface area contributed by atoms with Crippen molar-refractivity contribution in [3.05, 3.63) is 30.7 Å². The molecule has 0 fully saturated rings. The molecule has 50 valence electrons. The number of allylic oxidation sites excluding steroid dienone is 1. The summed E-state index contributed by atoms with van der Waals surface area (Å²) < 4.78 is 5.17. The van der Waals surface area contributed by atoms with E-state index in [-0.39, 0.29) is 6.10 Å². The minimum atomic E-state index is 0.0549. The van der Waals surface area contributed by atoms with E-state index < -0.39 is 0 Å². The van der Waals surface area contributed by atoms with Crippen LogP contribution in [0.2, 0.25) is 0 Å². The van der Waals surface area contributed by atoms with E-state index in [4.69, 9.17) is 4.74 Å². The fourth-order valence-corrected chi connectivity index (χ4v) is 0.369. The molecule has 0 aliphatic heterocycles. The van der Waals surface area contributed by atoms with Gasteiger partial charge in [0.1, 0.15) is 11.9 Å². The SMILES string of the molecule is C=C=C(C)OC(C)C=C. The Morgan fingerprint density at radius 1 is 1.78 bits per heavy atom. The molecular formula is C8H12O. The largest absolute Gasteiger partial charge is 0.483 e. The van der Waals surface area contributed by atoms with Gasteiger partial charge >= 0.3 is 0 Å². The molecule has 0 bridgehead atoms. The van der Waals surface area contributed by atoms with Crippen LogP contribution in [0.4, 0.5) is 0 Å². The molecule has 1 unspecified atom stereocenters. The van der Waals surface area contributed by atoms with Crippen LogP contribution in [0.3, 0.4) is 0 Å². The monoisotopic (exact) mass is 124 g/mol. The van der Waals surface area contributed by atoms with Crippen molar-refractivity contribution in [3.63, 3.8) is 0 Å². The number of ether oxygens (including phenoxy) is 1. The van der Waals surface area contributed by atoms with E-state index in [1.54, 1.807) is 6.08 Å². The predicted octanol–water partition coefficient (Wildman–Crippen LogP) is 2.27. The lowest BCUT2D eigenvalue weighted by molar-refractivity contribution is 0.173. The minimum Gasteiger partial charge on any atom is -0.483 e. The van der Waals surface area contributed by atoms with Gasteiger partial charge in [0.25, 0.3) is 0 Å². The van der Waals surface area contributed by atoms with Crippen molar-refractivity contribution in [1.29, 1.82) is 0 Å². The van der Waals surface area contributed by atoms with Gasteiger partial charge in [-0.25, -0.2) is 0 Å². The Kier molecular flexibility index (Phi) is 3.57. The van der Waals surface area contributed by atoms with E-state index >= 15 is 0 Å². The zero-order valence-corrected chi connectivity index (χ0v) is 5.98. The van der Waals surface area contributed by atoms with Gasteiger partial charge in [-0.05, 0) is 6.92 Å². The Labute approximate surface area is 56.3 Å². The number of hydrogen-bond donors (Lipinski definition) is 0. The van der Waals surface area contributed by atoms with Crippen LogP contribution in [0, 0.1) is 0 Å². The quantitative estimate of drug-likeness (QED) is 0.318. The Hall–Kier alpha value is -0.940. The van der Waals surface area contributed by atoms with Crippen molar-refractivity contribution in [1.82, 2.24) is 0 Å². The van der Waals surface area contributed by atoms with E-state index in [1.807, 2.05) is 13.8 Å². The molecule has 0 saturated carbocycles. The number of rotatable bonds is 3. The van der Waals surface area contributed by atoms with Crippen LogP contribution in [0.15, 0.2) is 30.7 Å². The molecule has 0 amide bonds. The molecule has 0 aromatic rings. The third kappa shape index (κ3) is 3.63. The van der Waals surface area contributed by atoms with Gasteiger partial charge in [-0.15, -0.1) is 0 Å². The highest BCUT2D eigenvalue weighted by molar-refractivity contribution is 4.87. The molecule has 1 atom stereocenters. The van der Waals surface area contributed by atoms with E-state index in [2.05, 4.69) is 18.9 Å². The zero-order chi connectivity index (χ0) is 7.28. The molecule has 0 saturated heterocycles. The molecule has 0 N–H and O–H groups in total. The highest BCUT2D eigenvalue weighted by atomic mass is 16.5. The molecule has 1 nitrogen and oxygen atoms in total. The second-order valence-electron chi connectivity index (χ2n) is 1.79. The zero-order valence-electron chi connectivity index (χ0n) is 5.98. The first-order chi connectivity index (χ1) is 4.20. The van der Waals surface area contributed by atoms with Gasteiger partial charge in [0.05, 0.1) is 0 Å². The maximum Gasteiger partial charge on any atom is 0.135 e. The molecule has 0 heterocycles. The summed E-state index contributed by atoms with van der Waals surface area (Å²) in [6, 6.07) is 0. The standard InChI is InChI=1S/C8H12O/c1-5-7(3)9-8(4)6-2/h5,7H,1-2H2,3-4H3. The molecule has 0 aliphatic rings. The lowest BCUT2D eigenvalue weighted by Crippen LogP contribution is -2.00. The lowest BCUT2D eigenvalue weighted by Gasteiger charge is -2.07. The van der Waals surface area contributed by atoms with Crippen molar-refractivity contribution in [2.24, 2.45) is 0 Å². The second kappa shape index (κ2) is 3.99. The maximum absolute atomic E-state index is 5.17. The lowest BCUT2D eigenvalue weighted by atomic mass is 10.4. The van der Waals surface area contributed by atoms with Crippen LogP contribution in [-0.2, 0) is 4.74 Å². The fraction of sp³-hybridized carbons (Fsp3) is 0.375. The van der Waals surface area contributed by atoms with E-state index in [9.17, 15) is 0 Å². The topological polar surface area (TPSA) is 9.23 Å². The Morgan fingerprint density at radius 3 is 2.67 bits per heavy atom. The van der Waals surface area contributed by atoms with E-state index in [1.165, 1.54) is 0 Å². The van der Waals surface area contributed by atoms with E-state index in [0.717, 1.165) is 0 Å². The van der Waals surface area contributed by atoms with Crippen molar-refractivity contribution < 1.29 is 4.74 Å². The van der Waals surface area contributed by atoms with Gasteiger partial charge in [0.15, 0.2) is 0 Å². The Bertz CT molecular complexity index is 141. The van der Waals surface area contributed by atoms with Crippen molar-refractivity contribution in [3.8, 4) is 0 Å². The van der Waals surface area contributed by atoms with E-state index in [0.29, 0.717) is 5.76 Å². The summed E-state index contributed by atoms with van der Waals surface area (Å²) in [6.45, 7) is 10.7. The number of hydrogen-bond acceptors (Lipinski definition) is 1. The van der Waals surface area contributed by atoms with Crippen LogP contribution in [0.1, 0.15) is 13.8 Å². The summed E-state index contributed by atoms with van der Waals surface area (Å²) in [5, 5.41) is 0. The van der Waals surface area contributed by atoms with Crippen LogP contribution in [0.25, 0.3) is 0 Å². The molecule has 0 aromatic carbocycles. The molecule has 1 heteroatoms. The highest BCUT2D eigenvalue weighted by Crippen LogP contribution is 1.98. The van der Waals surface area contributed by atoms with Crippen molar-refractivity contribution >= 4 is 0 Å². The summed E-state index contributed by atoms with van der Waals surface area (Å²) in [5.41, 5.74) is 2.63. The molecular weight excluding hydrogens is 112 g/mol. The average Bonchev–Trinajstić information content (AvgIpc) is 1.87. The summed E-state index contributed by atoms with van der Waals surface area (Å²) in [5.74, 6) is 0.711. The van der Waals surface area contributed by atoms with Gasteiger partial charge in [0, 0.05) is 6.92 Å². The van der Waals surface area contributed by atoms with Crippen LogP contribution in [0.5, 0.6) is 0 Å². The van der Waals surface area contributed by atoms with Crippen LogP contribution >= 0.6 is 0 Å². The van der Waals surface area contributed by atoms with Crippen LogP contribution < -0.4 is 0 Å². The fourth-order valence-electron chi connectivity index (χ4n) is 0.369. The van der Waals surface area contributed by atoms with Gasteiger partial charge in [-0.3, -0.25) is 0 Å². The molecule has 0 aliphatic carbocycles. The van der Waals surface area contributed by atoms with Gasteiger partial charge < -0.3 is 4.74 Å². The predicted molar refractivity (Wildman–Crippen MR) is 39.1 cm³/mol. The summed E-state index contributed by atoms with van der Waals surface area (Å²) in [7, 11) is 0. The molecule has 9 heavy (non-hydrogen) atoms. The molecule has 0 rings (SSSR count). The molecule has 0 aromatic heterocycles. The molecule has 0 spiro atoms. The van der Waals surface area contributed by atoms with Crippen molar-refractivity contribution in [2.75, 3.05) is 0 Å². The third-order valence-electron chi connectivity index (χ3n) is 0.944. The first kappa shape index (κ1) is 8.06. The first-order valence-corrected chi connectivity index (χ1v) is 2.86. The minimum absolute atomic E-state index is 0.0549. The molecule has 0 radical (unpaired) electrons. The van der Waals surface area contributed by atoms with Gasteiger partial charge in [-0.1, -0.05) is 25.0 Å².